The molecule has 0 saturated carbocycles. The highest BCUT2D eigenvalue weighted by atomic mass is 79.9. The van der Waals surface area contributed by atoms with Crippen LogP contribution in [0.5, 0.6) is 0 Å². The summed E-state index contributed by atoms with van der Waals surface area (Å²) in [4.78, 5) is 10.6. The zero-order chi connectivity index (χ0) is 9.30. The molecule has 1 aromatic rings. The fraction of sp³-hybridized carbons (Fsp3) is 0.125. The highest BCUT2D eigenvalue weighted by Gasteiger charge is 2.09. The molecule has 12 heavy (non-hydrogen) atoms. The molecule has 0 heterocycles. The van der Waals surface area contributed by atoms with E-state index in [0.29, 0.717) is 0 Å². The summed E-state index contributed by atoms with van der Waals surface area (Å²) in [5.74, 6) is -0.997. The molecule has 0 bridgehead atoms. The molecule has 4 heteroatoms. The number of carbonyl (C=O) groups is 1. The molecule has 0 amide bonds. The van der Waals surface area contributed by atoms with Crippen molar-refractivity contribution in [3.63, 3.8) is 0 Å². The molecule has 0 fully saturated rings. The maximum Gasteiger partial charge on any atom is 0.337 e. The number of rotatable bonds is 1. The van der Waals surface area contributed by atoms with E-state index in [1.165, 1.54) is 0 Å². The zero-order valence-corrected chi connectivity index (χ0v) is 8.05. The van der Waals surface area contributed by atoms with E-state index in [0.717, 1.165) is 10.0 Å². The van der Waals surface area contributed by atoms with Gasteiger partial charge in [0.25, 0.3) is 0 Å². The van der Waals surface area contributed by atoms with Crippen molar-refractivity contribution in [1.29, 1.82) is 0 Å². The molecule has 0 atom stereocenters. The van der Waals surface area contributed by atoms with Crippen molar-refractivity contribution >= 4 is 27.6 Å². The molecular formula is C8H8BrNO2. The molecule has 0 aliphatic carbocycles. The third-order valence-electron chi connectivity index (χ3n) is 1.56. The topological polar surface area (TPSA) is 63.3 Å². The first kappa shape index (κ1) is 9.06. The zero-order valence-electron chi connectivity index (χ0n) is 6.47. The standard InChI is InChI=1S/C8H8BrNO2/c1-4-2-5(8(11)12)7(10)3-6(4)9/h2-3H,10H2,1H3,(H,11,12). The van der Waals surface area contributed by atoms with Crippen molar-refractivity contribution in [2.24, 2.45) is 0 Å². The van der Waals surface area contributed by atoms with Gasteiger partial charge in [0.2, 0.25) is 0 Å². The number of benzene rings is 1. The first-order valence-corrected chi connectivity index (χ1v) is 4.10. The minimum Gasteiger partial charge on any atom is -0.478 e. The third kappa shape index (κ3) is 1.58. The number of carboxylic acid groups (broad SMARTS) is 1. The van der Waals surface area contributed by atoms with Crippen molar-refractivity contribution < 1.29 is 9.90 Å². The van der Waals surface area contributed by atoms with Gasteiger partial charge >= 0.3 is 5.97 Å². The van der Waals surface area contributed by atoms with E-state index in [9.17, 15) is 4.79 Å². The number of anilines is 1. The third-order valence-corrected chi connectivity index (χ3v) is 2.42. The number of hydrogen-bond acceptors (Lipinski definition) is 2. The predicted molar refractivity (Wildman–Crippen MR) is 50.3 cm³/mol. The molecule has 0 aliphatic heterocycles. The van der Waals surface area contributed by atoms with Crippen LogP contribution in [-0.4, -0.2) is 11.1 Å². The first-order valence-electron chi connectivity index (χ1n) is 3.31. The molecule has 1 aromatic carbocycles. The maximum atomic E-state index is 10.6. The summed E-state index contributed by atoms with van der Waals surface area (Å²) in [5.41, 5.74) is 6.77. The Hall–Kier alpha value is -1.03. The lowest BCUT2D eigenvalue weighted by atomic mass is 10.1. The van der Waals surface area contributed by atoms with Crippen LogP contribution in [0.3, 0.4) is 0 Å². The second-order valence-electron chi connectivity index (χ2n) is 2.49. The molecule has 0 aliphatic rings. The van der Waals surface area contributed by atoms with Crippen LogP contribution in [0.2, 0.25) is 0 Å². The number of nitrogens with two attached hydrogens (primary N) is 1. The van der Waals surface area contributed by atoms with Gasteiger partial charge in [-0.2, -0.15) is 0 Å². The second kappa shape index (κ2) is 3.15. The quantitative estimate of drug-likeness (QED) is 0.725. The average molecular weight is 230 g/mol. The van der Waals surface area contributed by atoms with E-state index in [1.807, 2.05) is 6.92 Å². The molecular weight excluding hydrogens is 222 g/mol. The fourth-order valence-corrected chi connectivity index (χ4v) is 1.24. The Labute approximate surface area is 78.3 Å². The van der Waals surface area contributed by atoms with Crippen molar-refractivity contribution in [3.8, 4) is 0 Å². The van der Waals surface area contributed by atoms with Crippen molar-refractivity contribution in [2.75, 3.05) is 5.73 Å². The Kier molecular flexibility index (Phi) is 2.38. The summed E-state index contributed by atoms with van der Waals surface area (Å²) >= 11 is 3.26. The number of aryl methyl sites for hydroxylation is 1. The molecule has 0 spiro atoms. The number of hydrogen-bond donors (Lipinski definition) is 2. The van der Waals surface area contributed by atoms with Crippen molar-refractivity contribution in [2.45, 2.75) is 6.92 Å². The summed E-state index contributed by atoms with van der Waals surface area (Å²) in [5, 5.41) is 8.69. The van der Waals surface area contributed by atoms with Crippen molar-refractivity contribution in [3.05, 3.63) is 27.7 Å². The van der Waals surface area contributed by atoms with Crippen LogP contribution >= 0.6 is 15.9 Å². The molecule has 3 nitrogen and oxygen atoms in total. The van der Waals surface area contributed by atoms with Crippen LogP contribution in [0.4, 0.5) is 5.69 Å². The largest absolute Gasteiger partial charge is 0.478 e. The van der Waals surface area contributed by atoms with E-state index < -0.39 is 5.97 Å². The van der Waals surface area contributed by atoms with Gasteiger partial charge in [-0.25, -0.2) is 4.79 Å². The molecule has 3 N–H and O–H groups in total. The summed E-state index contributed by atoms with van der Waals surface area (Å²) < 4.78 is 0.824. The Balaban J connectivity index is 3.33. The molecule has 0 aromatic heterocycles. The maximum absolute atomic E-state index is 10.6. The van der Waals surface area contributed by atoms with Gasteiger partial charge in [0, 0.05) is 10.2 Å². The Morgan fingerprint density at radius 3 is 2.67 bits per heavy atom. The molecule has 0 saturated heterocycles. The SMILES string of the molecule is Cc1cc(C(=O)O)c(N)cc1Br. The molecule has 0 radical (unpaired) electrons. The Morgan fingerprint density at radius 2 is 2.17 bits per heavy atom. The van der Waals surface area contributed by atoms with Gasteiger partial charge in [-0.1, -0.05) is 15.9 Å². The van der Waals surface area contributed by atoms with E-state index >= 15 is 0 Å². The van der Waals surface area contributed by atoms with Crippen molar-refractivity contribution in [1.82, 2.24) is 0 Å². The van der Waals surface area contributed by atoms with E-state index in [-0.39, 0.29) is 11.3 Å². The lowest BCUT2D eigenvalue weighted by Gasteiger charge is -2.03. The minimum atomic E-state index is -0.997. The van der Waals surface area contributed by atoms with Gasteiger partial charge in [-0.15, -0.1) is 0 Å². The number of carboxylic acids is 1. The lowest BCUT2D eigenvalue weighted by Crippen LogP contribution is -2.02. The molecule has 0 unspecified atom stereocenters. The van der Waals surface area contributed by atoms with Gasteiger partial charge in [-0.05, 0) is 24.6 Å². The van der Waals surface area contributed by atoms with Crippen LogP contribution in [0.1, 0.15) is 15.9 Å². The van der Waals surface area contributed by atoms with Crippen LogP contribution < -0.4 is 5.73 Å². The van der Waals surface area contributed by atoms with Gasteiger partial charge < -0.3 is 10.8 Å². The molecule has 1 rings (SSSR count). The van der Waals surface area contributed by atoms with Crippen LogP contribution in [0.15, 0.2) is 16.6 Å². The highest BCUT2D eigenvalue weighted by Crippen LogP contribution is 2.22. The van der Waals surface area contributed by atoms with Crippen LogP contribution in [0, 0.1) is 6.92 Å². The van der Waals surface area contributed by atoms with Gasteiger partial charge in [0.15, 0.2) is 0 Å². The Morgan fingerprint density at radius 1 is 1.58 bits per heavy atom. The average Bonchev–Trinajstić information content (AvgIpc) is 1.96. The fourth-order valence-electron chi connectivity index (χ4n) is 0.882. The summed E-state index contributed by atoms with van der Waals surface area (Å²) in [7, 11) is 0. The second-order valence-corrected chi connectivity index (χ2v) is 3.35. The van der Waals surface area contributed by atoms with E-state index in [2.05, 4.69) is 15.9 Å². The van der Waals surface area contributed by atoms with Gasteiger partial charge in [0.1, 0.15) is 0 Å². The van der Waals surface area contributed by atoms with Crippen LogP contribution in [0.25, 0.3) is 0 Å². The smallest absolute Gasteiger partial charge is 0.337 e. The summed E-state index contributed by atoms with van der Waals surface area (Å²) in [6.45, 7) is 1.82. The van der Waals surface area contributed by atoms with Gasteiger partial charge in [0.05, 0.1) is 5.56 Å². The monoisotopic (exact) mass is 229 g/mol. The normalized spacial score (nSPS) is 9.83. The summed E-state index contributed by atoms with van der Waals surface area (Å²) in [6, 6.07) is 3.14. The van der Waals surface area contributed by atoms with Gasteiger partial charge in [-0.3, -0.25) is 0 Å². The number of aromatic carboxylic acids is 1. The van der Waals surface area contributed by atoms with E-state index in [1.54, 1.807) is 12.1 Å². The minimum absolute atomic E-state index is 0.149. The molecule has 64 valence electrons. The first-order chi connectivity index (χ1) is 5.52. The summed E-state index contributed by atoms with van der Waals surface area (Å²) in [6.07, 6.45) is 0. The highest BCUT2D eigenvalue weighted by molar-refractivity contribution is 9.10. The van der Waals surface area contributed by atoms with Crippen LogP contribution in [-0.2, 0) is 0 Å². The number of halogens is 1. The Bertz CT molecular complexity index is 336. The number of nitrogen functional groups attached to an aromatic ring is 1. The van der Waals surface area contributed by atoms with E-state index in [4.69, 9.17) is 10.8 Å². The predicted octanol–water partition coefficient (Wildman–Crippen LogP) is 2.04. The lowest BCUT2D eigenvalue weighted by molar-refractivity contribution is 0.0698.